The minimum absolute atomic E-state index is 0.322. The fourth-order valence-electron chi connectivity index (χ4n) is 2.68. The lowest BCUT2D eigenvalue weighted by Crippen LogP contribution is -2.49. The second kappa shape index (κ2) is 4.65. The molecule has 3 atom stereocenters. The molecule has 0 spiro atoms. The van der Waals surface area contributed by atoms with E-state index in [-0.39, 0.29) is 11.7 Å². The van der Waals surface area contributed by atoms with Crippen molar-refractivity contribution in [3.8, 4) is 0 Å². The molecule has 4 nitrogen and oxygen atoms in total. The number of fused-ring (bicyclic) bond motifs is 1. The maximum atomic E-state index is 13.8. The van der Waals surface area contributed by atoms with Gasteiger partial charge in [0, 0.05) is 6.92 Å². The molecule has 2 aliphatic carbocycles. The molecule has 0 aromatic carbocycles. The number of ketones is 1. The van der Waals surface area contributed by atoms with Crippen LogP contribution in [0.1, 0.15) is 26.7 Å². The summed E-state index contributed by atoms with van der Waals surface area (Å²) in [6.45, 7) is 2.95. The zero-order valence-corrected chi connectivity index (χ0v) is 10.4. The Morgan fingerprint density at radius 1 is 1.56 bits per heavy atom. The highest BCUT2D eigenvalue weighted by atomic mass is 19.1. The Balaban J connectivity index is 2.39. The number of aliphatic hydroxyl groups excluding tert-OH is 1. The standard InChI is InChI=1S/C13H16FNO3/c1-6-8-3-4-11(17)13(18)12(8)10(5-9(6)14)15-7(2)16/h5,10-12,17H,3-4H2,1-2H3,(H,15,16). The predicted molar refractivity (Wildman–Crippen MR) is 63.2 cm³/mol. The van der Waals surface area contributed by atoms with E-state index in [1.54, 1.807) is 6.92 Å². The van der Waals surface area contributed by atoms with Crippen molar-refractivity contribution < 1.29 is 19.1 Å². The number of nitrogens with one attached hydrogen (secondary N) is 1. The average Bonchev–Trinajstić information content (AvgIpc) is 2.28. The third-order valence-corrected chi connectivity index (χ3v) is 3.59. The number of aliphatic hydroxyl groups is 1. The number of amides is 1. The molecule has 98 valence electrons. The van der Waals surface area contributed by atoms with Gasteiger partial charge in [-0.2, -0.15) is 0 Å². The predicted octanol–water partition coefficient (Wildman–Crippen LogP) is 1.01. The fourth-order valence-corrected chi connectivity index (χ4v) is 2.68. The highest BCUT2D eigenvalue weighted by Crippen LogP contribution is 2.38. The quantitative estimate of drug-likeness (QED) is 0.733. The Morgan fingerprint density at radius 3 is 2.83 bits per heavy atom. The second-order valence-corrected chi connectivity index (χ2v) is 4.83. The van der Waals surface area contributed by atoms with Crippen LogP contribution in [0.4, 0.5) is 4.39 Å². The SMILES string of the molecule is CC(=O)NC1C=C(F)C(C)=C2CCC(O)C(=O)C21. The van der Waals surface area contributed by atoms with Crippen molar-refractivity contribution in [2.24, 2.45) is 5.92 Å². The first kappa shape index (κ1) is 13.0. The van der Waals surface area contributed by atoms with Crippen LogP contribution in [-0.2, 0) is 9.59 Å². The first-order valence-corrected chi connectivity index (χ1v) is 5.98. The maximum Gasteiger partial charge on any atom is 0.217 e. The molecule has 1 fully saturated rings. The Bertz CT molecular complexity index is 467. The van der Waals surface area contributed by atoms with Gasteiger partial charge in [-0.15, -0.1) is 0 Å². The zero-order valence-electron chi connectivity index (χ0n) is 10.4. The lowest BCUT2D eigenvalue weighted by atomic mass is 9.72. The van der Waals surface area contributed by atoms with Crippen molar-refractivity contribution in [1.29, 1.82) is 0 Å². The average molecular weight is 253 g/mol. The molecule has 1 saturated carbocycles. The summed E-state index contributed by atoms with van der Waals surface area (Å²) >= 11 is 0. The van der Waals surface area contributed by atoms with Gasteiger partial charge in [0.2, 0.25) is 5.91 Å². The van der Waals surface area contributed by atoms with Crippen molar-refractivity contribution in [2.75, 3.05) is 0 Å². The summed E-state index contributed by atoms with van der Waals surface area (Å²) in [4.78, 5) is 23.1. The minimum atomic E-state index is -1.02. The van der Waals surface area contributed by atoms with Crippen molar-refractivity contribution in [3.05, 3.63) is 23.0 Å². The first-order chi connectivity index (χ1) is 8.41. The van der Waals surface area contributed by atoms with Crippen molar-refractivity contribution >= 4 is 11.7 Å². The monoisotopic (exact) mass is 253 g/mol. The number of hydrogen-bond donors (Lipinski definition) is 2. The fraction of sp³-hybridized carbons (Fsp3) is 0.538. The van der Waals surface area contributed by atoms with Crippen LogP contribution >= 0.6 is 0 Å². The van der Waals surface area contributed by atoms with E-state index in [4.69, 9.17) is 0 Å². The summed E-state index contributed by atoms with van der Waals surface area (Å²) in [6, 6.07) is -0.691. The molecule has 0 radical (unpaired) electrons. The van der Waals surface area contributed by atoms with Crippen LogP contribution < -0.4 is 5.32 Å². The number of rotatable bonds is 1. The van der Waals surface area contributed by atoms with Crippen LogP contribution in [0.15, 0.2) is 23.0 Å². The molecule has 1 amide bonds. The van der Waals surface area contributed by atoms with Gasteiger partial charge in [-0.25, -0.2) is 4.39 Å². The molecule has 0 aliphatic heterocycles. The zero-order chi connectivity index (χ0) is 13.4. The van der Waals surface area contributed by atoms with Crippen LogP contribution in [0.5, 0.6) is 0 Å². The number of carbonyl (C=O) groups excluding carboxylic acids is 2. The molecule has 18 heavy (non-hydrogen) atoms. The van der Waals surface area contributed by atoms with Crippen molar-refractivity contribution in [3.63, 3.8) is 0 Å². The van der Waals surface area contributed by atoms with Gasteiger partial charge in [-0.05, 0) is 31.4 Å². The van der Waals surface area contributed by atoms with E-state index >= 15 is 0 Å². The molecule has 3 unspecified atom stereocenters. The van der Waals surface area contributed by atoms with E-state index in [2.05, 4.69) is 5.32 Å². The number of Topliss-reactive ketones (excluding diaryl/α,β-unsaturated/α-hetero) is 1. The van der Waals surface area contributed by atoms with Crippen LogP contribution in [-0.4, -0.2) is 28.9 Å². The van der Waals surface area contributed by atoms with Gasteiger partial charge in [-0.3, -0.25) is 9.59 Å². The number of allylic oxidation sites excluding steroid dienone is 2. The molecular weight excluding hydrogens is 237 g/mol. The van der Waals surface area contributed by atoms with Crippen LogP contribution in [0.25, 0.3) is 0 Å². The smallest absolute Gasteiger partial charge is 0.217 e. The number of carbonyl (C=O) groups is 2. The lowest BCUT2D eigenvalue weighted by molar-refractivity contribution is -0.132. The van der Waals surface area contributed by atoms with Crippen molar-refractivity contribution in [1.82, 2.24) is 5.32 Å². The normalized spacial score (nSPS) is 31.9. The van der Waals surface area contributed by atoms with Crippen LogP contribution in [0.2, 0.25) is 0 Å². The van der Waals surface area contributed by atoms with Crippen LogP contribution in [0, 0.1) is 5.92 Å². The first-order valence-electron chi connectivity index (χ1n) is 5.98. The van der Waals surface area contributed by atoms with Gasteiger partial charge in [0.15, 0.2) is 5.78 Å². The van der Waals surface area contributed by atoms with E-state index < -0.39 is 23.9 Å². The molecule has 0 saturated heterocycles. The third kappa shape index (κ3) is 2.10. The Morgan fingerprint density at radius 2 is 2.22 bits per heavy atom. The molecule has 0 heterocycles. The van der Waals surface area contributed by atoms with Crippen molar-refractivity contribution in [2.45, 2.75) is 38.8 Å². The molecule has 0 aromatic rings. The molecule has 0 aromatic heterocycles. The van der Waals surface area contributed by atoms with Gasteiger partial charge in [0.25, 0.3) is 0 Å². The Hall–Kier alpha value is -1.49. The Kier molecular flexibility index (Phi) is 3.34. The van der Waals surface area contributed by atoms with Crippen LogP contribution in [0.3, 0.4) is 0 Å². The lowest BCUT2D eigenvalue weighted by Gasteiger charge is -2.36. The molecular formula is C13H16FNO3. The molecule has 2 N–H and O–H groups in total. The van der Waals surface area contributed by atoms with Gasteiger partial charge < -0.3 is 10.4 Å². The summed E-state index contributed by atoms with van der Waals surface area (Å²) in [7, 11) is 0. The second-order valence-electron chi connectivity index (χ2n) is 4.83. The van der Waals surface area contributed by atoms with E-state index in [9.17, 15) is 19.1 Å². The molecule has 2 rings (SSSR count). The third-order valence-electron chi connectivity index (χ3n) is 3.59. The van der Waals surface area contributed by atoms with Gasteiger partial charge in [0.05, 0.1) is 12.0 Å². The molecule has 0 bridgehead atoms. The molecule has 2 aliphatic rings. The highest BCUT2D eigenvalue weighted by molar-refractivity contribution is 5.91. The summed E-state index contributed by atoms with van der Waals surface area (Å²) in [5.41, 5.74) is 1.16. The van der Waals surface area contributed by atoms with Gasteiger partial charge in [0.1, 0.15) is 11.9 Å². The van der Waals surface area contributed by atoms with Gasteiger partial charge in [-0.1, -0.05) is 5.57 Å². The van der Waals surface area contributed by atoms with E-state index in [1.807, 2.05) is 0 Å². The maximum absolute atomic E-state index is 13.8. The number of hydrogen-bond acceptors (Lipinski definition) is 3. The van der Waals surface area contributed by atoms with E-state index in [0.29, 0.717) is 24.0 Å². The summed E-state index contributed by atoms with van der Waals surface area (Å²) in [5, 5.41) is 12.2. The topological polar surface area (TPSA) is 66.4 Å². The summed E-state index contributed by atoms with van der Waals surface area (Å²) in [5.74, 6) is -1.68. The Labute approximate surface area is 105 Å². The highest BCUT2D eigenvalue weighted by Gasteiger charge is 2.41. The van der Waals surface area contributed by atoms with E-state index in [1.165, 1.54) is 13.0 Å². The summed E-state index contributed by atoms with van der Waals surface area (Å²) in [6.07, 6.45) is 1.04. The minimum Gasteiger partial charge on any atom is -0.385 e. The summed E-state index contributed by atoms with van der Waals surface area (Å²) < 4.78 is 13.8. The largest absolute Gasteiger partial charge is 0.385 e. The van der Waals surface area contributed by atoms with E-state index in [0.717, 1.165) is 0 Å². The number of halogens is 1. The molecule has 5 heteroatoms. The van der Waals surface area contributed by atoms with Gasteiger partial charge >= 0.3 is 0 Å².